The van der Waals surface area contributed by atoms with Gasteiger partial charge in [0.25, 0.3) is 0 Å². The highest BCUT2D eigenvalue weighted by molar-refractivity contribution is 6.12. The van der Waals surface area contributed by atoms with E-state index >= 15 is 0 Å². The van der Waals surface area contributed by atoms with Gasteiger partial charge in [-0.2, -0.15) is 10.2 Å². The molecule has 28 heavy (non-hydrogen) atoms. The molecule has 0 unspecified atom stereocenters. The Balaban J connectivity index is 1.86. The number of fused-ring (bicyclic) bond motifs is 1. The fourth-order valence-corrected chi connectivity index (χ4v) is 3.16. The summed E-state index contributed by atoms with van der Waals surface area (Å²) in [5.41, 5.74) is 6.37. The van der Waals surface area contributed by atoms with Gasteiger partial charge in [0.1, 0.15) is 6.33 Å². The zero-order chi connectivity index (χ0) is 19.5. The summed E-state index contributed by atoms with van der Waals surface area (Å²) < 4.78 is 1.78. The van der Waals surface area contributed by atoms with Gasteiger partial charge in [0.15, 0.2) is 0 Å². The van der Waals surface area contributed by atoms with E-state index in [4.69, 9.17) is 0 Å². The van der Waals surface area contributed by atoms with Crippen LogP contribution in [0.15, 0.2) is 66.8 Å². The SMILES string of the molecule is C=C/C=C(\C=NC)c1[nH]ncc1-c1ncnc2cc(-c3cnn(C)c3)ccc12. The Labute approximate surface area is 162 Å². The summed E-state index contributed by atoms with van der Waals surface area (Å²) in [6.07, 6.45) is 12.5. The molecule has 1 N–H and O–H groups in total. The molecule has 0 spiro atoms. The second kappa shape index (κ2) is 7.40. The molecule has 0 amide bonds. The smallest absolute Gasteiger partial charge is 0.116 e. The van der Waals surface area contributed by atoms with E-state index in [1.165, 1.54) is 0 Å². The van der Waals surface area contributed by atoms with Gasteiger partial charge in [0.2, 0.25) is 0 Å². The van der Waals surface area contributed by atoms with E-state index in [2.05, 4.69) is 42.9 Å². The Hall–Kier alpha value is -3.87. The van der Waals surface area contributed by atoms with Crippen molar-refractivity contribution in [1.29, 1.82) is 0 Å². The number of hydrogen-bond donors (Lipinski definition) is 1. The van der Waals surface area contributed by atoms with Crippen molar-refractivity contribution in [2.45, 2.75) is 0 Å². The van der Waals surface area contributed by atoms with Crippen LogP contribution in [0.2, 0.25) is 0 Å². The molecular weight excluding hydrogens is 350 g/mol. The van der Waals surface area contributed by atoms with Crippen LogP contribution in [-0.2, 0) is 7.05 Å². The van der Waals surface area contributed by atoms with Crippen molar-refractivity contribution in [3.8, 4) is 22.4 Å². The fraction of sp³-hybridized carbons (Fsp3) is 0.0952. The van der Waals surface area contributed by atoms with Gasteiger partial charge in [0.05, 0.1) is 29.3 Å². The lowest BCUT2D eigenvalue weighted by atomic mass is 10.0. The molecule has 7 nitrogen and oxygen atoms in total. The van der Waals surface area contributed by atoms with E-state index in [9.17, 15) is 0 Å². The van der Waals surface area contributed by atoms with Gasteiger partial charge in [-0.15, -0.1) is 0 Å². The van der Waals surface area contributed by atoms with Crippen molar-refractivity contribution in [3.63, 3.8) is 0 Å². The summed E-state index contributed by atoms with van der Waals surface area (Å²) in [6.45, 7) is 3.78. The largest absolute Gasteiger partial charge is 0.296 e. The number of H-pyrrole nitrogens is 1. The summed E-state index contributed by atoms with van der Waals surface area (Å²) in [6, 6.07) is 6.14. The number of hydrogen-bond acceptors (Lipinski definition) is 5. The maximum Gasteiger partial charge on any atom is 0.116 e. The molecule has 138 valence electrons. The minimum atomic E-state index is 0.811. The summed E-state index contributed by atoms with van der Waals surface area (Å²) in [7, 11) is 3.63. The second-order valence-electron chi connectivity index (χ2n) is 6.26. The summed E-state index contributed by atoms with van der Waals surface area (Å²) in [4.78, 5) is 13.1. The number of rotatable bonds is 5. The third kappa shape index (κ3) is 3.14. The Morgan fingerprint density at radius 3 is 2.86 bits per heavy atom. The molecule has 4 aromatic rings. The molecule has 4 rings (SSSR count). The maximum atomic E-state index is 4.53. The molecule has 0 aliphatic heterocycles. The van der Waals surface area contributed by atoms with Crippen LogP contribution in [0.5, 0.6) is 0 Å². The molecular formula is C21H19N7. The average Bonchev–Trinajstić information content (AvgIpc) is 3.36. The molecule has 0 saturated heterocycles. The molecule has 3 aromatic heterocycles. The quantitative estimate of drug-likeness (QED) is 0.429. The topological polar surface area (TPSA) is 84.6 Å². The number of nitrogens with one attached hydrogen (secondary N) is 1. The van der Waals surface area contributed by atoms with E-state index in [1.807, 2.05) is 37.7 Å². The fourth-order valence-electron chi connectivity index (χ4n) is 3.16. The number of benzene rings is 1. The molecule has 1 aromatic carbocycles. The lowest BCUT2D eigenvalue weighted by molar-refractivity contribution is 0.768. The van der Waals surface area contributed by atoms with Crippen molar-refractivity contribution < 1.29 is 0 Å². The molecule has 0 fully saturated rings. The van der Waals surface area contributed by atoms with Gasteiger partial charge in [-0.1, -0.05) is 24.8 Å². The number of aromatic amines is 1. The van der Waals surface area contributed by atoms with Crippen LogP contribution in [0.4, 0.5) is 0 Å². The molecule has 0 aliphatic carbocycles. The van der Waals surface area contributed by atoms with Crippen molar-refractivity contribution in [2.24, 2.45) is 12.0 Å². The van der Waals surface area contributed by atoms with E-state index in [0.29, 0.717) is 0 Å². The highest BCUT2D eigenvalue weighted by Crippen LogP contribution is 2.32. The van der Waals surface area contributed by atoms with Crippen molar-refractivity contribution in [1.82, 2.24) is 29.9 Å². The van der Waals surface area contributed by atoms with Crippen LogP contribution < -0.4 is 0 Å². The normalized spacial score (nSPS) is 12.1. The van der Waals surface area contributed by atoms with E-state index < -0.39 is 0 Å². The molecule has 3 heterocycles. The highest BCUT2D eigenvalue weighted by atomic mass is 15.2. The molecule has 0 saturated carbocycles. The molecule has 0 radical (unpaired) electrons. The van der Waals surface area contributed by atoms with E-state index in [-0.39, 0.29) is 0 Å². The molecule has 0 aliphatic rings. The molecule has 0 bridgehead atoms. The van der Waals surface area contributed by atoms with Crippen molar-refractivity contribution >= 4 is 22.7 Å². The maximum absolute atomic E-state index is 4.53. The first kappa shape index (κ1) is 17.5. The summed E-state index contributed by atoms with van der Waals surface area (Å²) in [5, 5.41) is 12.5. The Morgan fingerprint density at radius 2 is 2.11 bits per heavy atom. The van der Waals surface area contributed by atoms with Crippen LogP contribution in [0.25, 0.3) is 38.9 Å². The zero-order valence-corrected chi connectivity index (χ0v) is 15.7. The summed E-state index contributed by atoms with van der Waals surface area (Å²) in [5.74, 6) is 0. The first-order valence-corrected chi connectivity index (χ1v) is 8.74. The minimum absolute atomic E-state index is 0.811. The standard InChI is InChI=1S/C21H19N7/c1-4-5-15(9-22-2)20-18(11-25-27-20)21-17-7-6-14(8-19(17)23-13-24-21)16-10-26-28(3)12-16/h4-13H,1H2,2-3H3,(H,25,27)/b15-5+,22-9?. The van der Waals surface area contributed by atoms with Gasteiger partial charge >= 0.3 is 0 Å². The minimum Gasteiger partial charge on any atom is -0.296 e. The third-order valence-electron chi connectivity index (χ3n) is 4.42. The van der Waals surface area contributed by atoms with E-state index in [1.54, 1.807) is 36.5 Å². The number of aryl methyl sites for hydroxylation is 1. The number of allylic oxidation sites excluding steroid dienone is 3. The van der Waals surface area contributed by atoms with Crippen molar-refractivity contribution in [3.05, 3.63) is 67.5 Å². The Bertz CT molecular complexity index is 1210. The van der Waals surface area contributed by atoms with E-state index in [0.717, 1.165) is 44.6 Å². The average molecular weight is 369 g/mol. The Kier molecular flexibility index (Phi) is 4.63. The zero-order valence-electron chi connectivity index (χ0n) is 15.7. The van der Waals surface area contributed by atoms with Gasteiger partial charge in [-0.25, -0.2) is 9.97 Å². The number of aromatic nitrogens is 6. The summed E-state index contributed by atoms with van der Waals surface area (Å²) >= 11 is 0. The first-order valence-electron chi connectivity index (χ1n) is 8.74. The van der Waals surface area contributed by atoms with Crippen LogP contribution >= 0.6 is 0 Å². The van der Waals surface area contributed by atoms with Gasteiger partial charge < -0.3 is 0 Å². The van der Waals surface area contributed by atoms with Crippen LogP contribution in [-0.4, -0.2) is 43.2 Å². The molecule has 0 atom stereocenters. The molecule has 7 heteroatoms. The van der Waals surface area contributed by atoms with Gasteiger partial charge in [0, 0.05) is 48.6 Å². The van der Waals surface area contributed by atoms with Crippen LogP contribution in [0.1, 0.15) is 5.69 Å². The van der Waals surface area contributed by atoms with Gasteiger partial charge in [-0.05, 0) is 17.7 Å². The number of nitrogens with zero attached hydrogens (tertiary/aromatic N) is 6. The van der Waals surface area contributed by atoms with Gasteiger partial charge in [-0.3, -0.25) is 14.8 Å². The Morgan fingerprint density at radius 1 is 1.21 bits per heavy atom. The predicted molar refractivity (Wildman–Crippen MR) is 112 cm³/mol. The number of aliphatic imine (C=N–C) groups is 1. The monoisotopic (exact) mass is 369 g/mol. The highest BCUT2D eigenvalue weighted by Gasteiger charge is 2.15. The van der Waals surface area contributed by atoms with Crippen molar-refractivity contribution in [2.75, 3.05) is 7.05 Å². The predicted octanol–water partition coefficient (Wildman–Crippen LogP) is 3.69. The third-order valence-corrected chi connectivity index (χ3v) is 4.42. The first-order chi connectivity index (χ1) is 13.7. The van der Waals surface area contributed by atoms with Crippen LogP contribution in [0, 0.1) is 0 Å². The lowest BCUT2D eigenvalue weighted by Gasteiger charge is -2.07. The second-order valence-corrected chi connectivity index (χ2v) is 6.26. The lowest BCUT2D eigenvalue weighted by Crippen LogP contribution is -1.94. The van der Waals surface area contributed by atoms with Crippen LogP contribution in [0.3, 0.4) is 0 Å².